The van der Waals surface area contributed by atoms with Crippen LogP contribution in [-0.4, -0.2) is 41.4 Å². The Labute approximate surface area is 132 Å². The van der Waals surface area contributed by atoms with Crippen LogP contribution >= 0.6 is 11.8 Å². The van der Waals surface area contributed by atoms with Gasteiger partial charge in [-0.2, -0.15) is 11.8 Å². The van der Waals surface area contributed by atoms with Gasteiger partial charge in [-0.3, -0.25) is 0 Å². The Morgan fingerprint density at radius 3 is 2.67 bits per heavy atom. The zero-order chi connectivity index (χ0) is 15.3. The molecule has 1 aliphatic rings. The number of ether oxygens (including phenoxy) is 1. The van der Waals surface area contributed by atoms with Gasteiger partial charge in [0.15, 0.2) is 0 Å². The summed E-state index contributed by atoms with van der Waals surface area (Å²) in [5.74, 6) is 2.10. The molecule has 1 saturated heterocycles. The number of benzene rings is 1. The maximum absolute atomic E-state index is 10.0. The first kappa shape index (κ1) is 16.7. The van der Waals surface area contributed by atoms with Crippen LogP contribution in [0, 0.1) is 13.8 Å². The molecule has 4 heteroatoms. The van der Waals surface area contributed by atoms with Gasteiger partial charge in [-0.15, -0.1) is 0 Å². The van der Waals surface area contributed by atoms with E-state index in [0.717, 1.165) is 12.3 Å². The molecule has 0 bridgehead atoms. The fraction of sp³-hybridized carbons (Fsp3) is 0.647. The topological polar surface area (TPSA) is 41.5 Å². The lowest BCUT2D eigenvalue weighted by Crippen LogP contribution is -2.39. The third kappa shape index (κ3) is 5.53. The summed E-state index contributed by atoms with van der Waals surface area (Å²) in [6.45, 7) is 8.28. The van der Waals surface area contributed by atoms with Gasteiger partial charge < -0.3 is 15.2 Å². The monoisotopic (exact) mass is 309 g/mol. The zero-order valence-corrected chi connectivity index (χ0v) is 14.1. The molecule has 0 spiro atoms. The van der Waals surface area contributed by atoms with E-state index in [1.165, 1.54) is 29.7 Å². The molecule has 21 heavy (non-hydrogen) atoms. The second-order valence-corrected chi connectivity index (χ2v) is 8.00. The van der Waals surface area contributed by atoms with Crippen LogP contribution in [0.1, 0.15) is 30.9 Å². The lowest BCUT2D eigenvalue weighted by molar-refractivity contribution is 0.106. The molecule has 2 rings (SSSR count). The van der Waals surface area contributed by atoms with Gasteiger partial charge in [0.2, 0.25) is 0 Å². The second kappa shape index (κ2) is 7.52. The van der Waals surface area contributed by atoms with Crippen LogP contribution in [0.25, 0.3) is 0 Å². The largest absolute Gasteiger partial charge is 0.491 e. The summed E-state index contributed by atoms with van der Waals surface area (Å²) in [6, 6.07) is 6.12. The minimum Gasteiger partial charge on any atom is -0.491 e. The number of aryl methyl sites for hydroxylation is 2. The highest BCUT2D eigenvalue weighted by Gasteiger charge is 2.28. The Kier molecular flexibility index (Phi) is 5.97. The van der Waals surface area contributed by atoms with Crippen molar-refractivity contribution in [3.8, 4) is 5.75 Å². The number of aliphatic hydroxyl groups excluding tert-OH is 1. The first-order valence-corrected chi connectivity index (χ1v) is 8.69. The molecule has 0 saturated carbocycles. The second-order valence-electron chi connectivity index (χ2n) is 6.32. The third-order valence-corrected chi connectivity index (χ3v) is 5.36. The Bertz CT molecular complexity index is 438. The van der Waals surface area contributed by atoms with E-state index in [0.29, 0.717) is 17.9 Å². The quantitative estimate of drug-likeness (QED) is 0.812. The van der Waals surface area contributed by atoms with E-state index in [1.54, 1.807) is 0 Å². The van der Waals surface area contributed by atoms with Crippen LogP contribution in [0.3, 0.4) is 0 Å². The fourth-order valence-electron chi connectivity index (χ4n) is 2.75. The van der Waals surface area contributed by atoms with Crippen molar-refractivity contribution in [2.75, 3.05) is 25.4 Å². The average Bonchev–Trinajstić information content (AvgIpc) is 2.82. The van der Waals surface area contributed by atoms with Crippen LogP contribution in [0.15, 0.2) is 18.2 Å². The Morgan fingerprint density at radius 1 is 1.33 bits per heavy atom. The van der Waals surface area contributed by atoms with E-state index in [1.807, 2.05) is 23.9 Å². The summed E-state index contributed by atoms with van der Waals surface area (Å²) in [4.78, 5) is 0. The molecule has 2 N–H and O–H groups in total. The van der Waals surface area contributed by atoms with Gasteiger partial charge in [-0.25, -0.2) is 0 Å². The van der Waals surface area contributed by atoms with E-state index in [-0.39, 0.29) is 0 Å². The number of nitrogens with one attached hydrogen (secondary N) is 1. The van der Waals surface area contributed by atoms with E-state index < -0.39 is 6.10 Å². The number of rotatable bonds is 7. The van der Waals surface area contributed by atoms with Gasteiger partial charge in [-0.05, 0) is 62.6 Å². The molecule has 1 aromatic rings. The van der Waals surface area contributed by atoms with Crippen LogP contribution in [-0.2, 0) is 0 Å². The summed E-state index contributed by atoms with van der Waals surface area (Å²) < 4.78 is 6.02. The van der Waals surface area contributed by atoms with Crippen molar-refractivity contribution in [3.63, 3.8) is 0 Å². The van der Waals surface area contributed by atoms with E-state index in [4.69, 9.17) is 4.74 Å². The smallest absolute Gasteiger partial charge is 0.119 e. The molecule has 2 unspecified atom stereocenters. The van der Waals surface area contributed by atoms with Crippen LogP contribution < -0.4 is 10.1 Å². The highest BCUT2D eigenvalue weighted by molar-refractivity contribution is 8.00. The summed E-state index contributed by atoms with van der Waals surface area (Å²) in [5, 5.41) is 13.4. The van der Waals surface area contributed by atoms with Crippen molar-refractivity contribution in [1.82, 2.24) is 5.32 Å². The first-order chi connectivity index (χ1) is 9.97. The molecule has 0 amide bonds. The van der Waals surface area contributed by atoms with Crippen molar-refractivity contribution in [2.24, 2.45) is 0 Å². The Balaban J connectivity index is 1.68. The highest BCUT2D eigenvalue weighted by atomic mass is 32.2. The number of hydrogen-bond donors (Lipinski definition) is 2. The SMILES string of the molecule is Cc1cc(C)cc(OCC(O)CNCC2(C)CCCS2)c1. The molecule has 1 fully saturated rings. The van der Waals surface area contributed by atoms with Crippen LogP contribution in [0.2, 0.25) is 0 Å². The molecule has 3 nitrogen and oxygen atoms in total. The number of aliphatic hydroxyl groups is 1. The molecular weight excluding hydrogens is 282 g/mol. The molecule has 0 aromatic heterocycles. The van der Waals surface area contributed by atoms with Crippen molar-refractivity contribution in [3.05, 3.63) is 29.3 Å². The molecular formula is C17H27NO2S. The van der Waals surface area contributed by atoms with Crippen LogP contribution in [0.4, 0.5) is 0 Å². The minimum atomic E-state index is -0.471. The van der Waals surface area contributed by atoms with Crippen molar-refractivity contribution in [1.29, 1.82) is 0 Å². The lowest BCUT2D eigenvalue weighted by Gasteiger charge is -2.24. The number of hydrogen-bond acceptors (Lipinski definition) is 4. The molecule has 0 radical (unpaired) electrons. The molecule has 1 aliphatic heterocycles. The number of thioether (sulfide) groups is 1. The van der Waals surface area contributed by atoms with E-state index >= 15 is 0 Å². The molecule has 0 aliphatic carbocycles. The Morgan fingerprint density at radius 2 is 2.05 bits per heavy atom. The average molecular weight is 309 g/mol. The fourth-order valence-corrected chi connectivity index (χ4v) is 4.02. The zero-order valence-electron chi connectivity index (χ0n) is 13.3. The molecule has 118 valence electrons. The van der Waals surface area contributed by atoms with Crippen molar-refractivity contribution >= 4 is 11.8 Å². The first-order valence-electron chi connectivity index (χ1n) is 7.71. The van der Waals surface area contributed by atoms with Crippen LogP contribution in [0.5, 0.6) is 5.75 Å². The van der Waals surface area contributed by atoms with Gasteiger partial charge in [-0.1, -0.05) is 6.07 Å². The normalized spacial score (nSPS) is 23.2. The molecule has 1 aromatic carbocycles. The predicted molar refractivity (Wildman–Crippen MR) is 90.4 cm³/mol. The maximum Gasteiger partial charge on any atom is 0.119 e. The predicted octanol–water partition coefficient (Wildman–Crippen LogP) is 2.92. The molecule has 1 heterocycles. The lowest BCUT2D eigenvalue weighted by atomic mass is 10.1. The summed E-state index contributed by atoms with van der Waals surface area (Å²) in [5.41, 5.74) is 2.37. The maximum atomic E-state index is 10.0. The van der Waals surface area contributed by atoms with Gasteiger partial charge in [0.1, 0.15) is 18.5 Å². The third-order valence-electron chi connectivity index (χ3n) is 3.82. The van der Waals surface area contributed by atoms with Gasteiger partial charge in [0.25, 0.3) is 0 Å². The Hall–Kier alpha value is -0.710. The van der Waals surface area contributed by atoms with Gasteiger partial charge in [0.05, 0.1) is 0 Å². The summed E-state index contributed by atoms with van der Waals surface area (Å²) >= 11 is 2.03. The van der Waals surface area contributed by atoms with E-state index in [9.17, 15) is 5.11 Å². The standard InChI is InChI=1S/C17H27NO2S/c1-13-7-14(2)9-16(8-13)20-11-15(19)10-18-12-17(3)5-4-6-21-17/h7-9,15,18-19H,4-6,10-12H2,1-3H3. The summed E-state index contributed by atoms with van der Waals surface area (Å²) in [6.07, 6.45) is 2.10. The van der Waals surface area contributed by atoms with Crippen molar-refractivity contribution < 1.29 is 9.84 Å². The summed E-state index contributed by atoms with van der Waals surface area (Å²) in [7, 11) is 0. The van der Waals surface area contributed by atoms with Gasteiger partial charge in [0, 0.05) is 17.8 Å². The van der Waals surface area contributed by atoms with Crippen molar-refractivity contribution in [2.45, 2.75) is 44.5 Å². The highest BCUT2D eigenvalue weighted by Crippen LogP contribution is 2.36. The van der Waals surface area contributed by atoms with Gasteiger partial charge >= 0.3 is 0 Å². The molecule has 2 atom stereocenters. The van der Waals surface area contributed by atoms with E-state index in [2.05, 4.69) is 32.2 Å². The minimum absolute atomic E-state index is 0.333.